The molecule has 1 aromatic carbocycles. The molecule has 3 aliphatic rings. The standard InChI is InChI=1S/C24H35N5O2/c1-4-5-10-17(2)19-13-9-14-28(16-19)23-25-21-20(22(30)26-24(31)27(21)3)29(23)15-18-11-7-6-8-12-18/h6-8,11-12,17,19-21H,4-5,9-10,13-16H2,1-3H3,(H,26,30,31). The van der Waals surface area contributed by atoms with E-state index in [2.05, 4.69) is 41.1 Å². The molecule has 7 heteroatoms. The lowest BCUT2D eigenvalue weighted by atomic mass is 9.84. The van der Waals surface area contributed by atoms with Gasteiger partial charge in [0.2, 0.25) is 0 Å². The van der Waals surface area contributed by atoms with Gasteiger partial charge >= 0.3 is 6.03 Å². The summed E-state index contributed by atoms with van der Waals surface area (Å²) in [6.07, 6.45) is 5.68. The molecular formula is C24H35N5O2. The summed E-state index contributed by atoms with van der Waals surface area (Å²) < 4.78 is 0. The molecule has 0 aliphatic carbocycles. The van der Waals surface area contributed by atoms with E-state index in [4.69, 9.17) is 4.99 Å². The minimum atomic E-state index is -0.490. The fourth-order valence-electron chi connectivity index (χ4n) is 5.14. The number of fused-ring (bicyclic) bond motifs is 1. The van der Waals surface area contributed by atoms with E-state index in [0.717, 1.165) is 31.0 Å². The van der Waals surface area contributed by atoms with Crippen LogP contribution >= 0.6 is 0 Å². The second-order valence-corrected chi connectivity index (χ2v) is 9.27. The van der Waals surface area contributed by atoms with Crippen LogP contribution in [-0.2, 0) is 11.3 Å². The Morgan fingerprint density at radius 3 is 2.74 bits per heavy atom. The van der Waals surface area contributed by atoms with Crippen LogP contribution in [0.1, 0.15) is 51.5 Å². The van der Waals surface area contributed by atoms with Crippen LogP contribution in [0.3, 0.4) is 0 Å². The van der Waals surface area contributed by atoms with E-state index in [0.29, 0.717) is 18.4 Å². The average molecular weight is 426 g/mol. The Morgan fingerprint density at radius 2 is 2.00 bits per heavy atom. The quantitative estimate of drug-likeness (QED) is 0.760. The fraction of sp³-hybridized carbons (Fsp3) is 0.625. The largest absolute Gasteiger partial charge is 0.342 e. The van der Waals surface area contributed by atoms with Crippen molar-refractivity contribution in [1.29, 1.82) is 0 Å². The van der Waals surface area contributed by atoms with Crippen molar-refractivity contribution in [2.75, 3.05) is 20.1 Å². The van der Waals surface area contributed by atoms with Crippen molar-refractivity contribution in [2.45, 2.75) is 64.7 Å². The first-order valence-electron chi connectivity index (χ1n) is 11.7. The third-order valence-corrected chi connectivity index (χ3v) is 7.09. The molecule has 168 valence electrons. The molecule has 1 N–H and O–H groups in total. The highest BCUT2D eigenvalue weighted by molar-refractivity contribution is 6.03. The third-order valence-electron chi connectivity index (χ3n) is 7.09. The van der Waals surface area contributed by atoms with Gasteiger partial charge in [-0.2, -0.15) is 0 Å². The SMILES string of the molecule is CCCCC(C)C1CCCN(C2=NC3C(C(=O)NC(=O)N3C)N2Cc2ccccc2)C1. The predicted octanol–water partition coefficient (Wildman–Crippen LogP) is 3.27. The summed E-state index contributed by atoms with van der Waals surface area (Å²) in [5, 5.41) is 2.50. The summed E-state index contributed by atoms with van der Waals surface area (Å²) in [4.78, 5) is 36.1. The second kappa shape index (κ2) is 9.28. The summed E-state index contributed by atoms with van der Waals surface area (Å²) in [7, 11) is 1.72. The zero-order valence-electron chi connectivity index (χ0n) is 19.0. The zero-order chi connectivity index (χ0) is 22.0. The van der Waals surface area contributed by atoms with Crippen molar-refractivity contribution < 1.29 is 9.59 Å². The molecule has 4 rings (SSSR count). The normalized spacial score (nSPS) is 27.1. The van der Waals surface area contributed by atoms with Crippen LogP contribution in [0.25, 0.3) is 0 Å². The first-order chi connectivity index (χ1) is 15.0. The van der Waals surface area contributed by atoms with Crippen molar-refractivity contribution in [3.8, 4) is 0 Å². The van der Waals surface area contributed by atoms with Gasteiger partial charge in [-0.15, -0.1) is 0 Å². The van der Waals surface area contributed by atoms with Crippen LogP contribution in [0.5, 0.6) is 0 Å². The molecule has 3 aliphatic heterocycles. The summed E-state index contributed by atoms with van der Waals surface area (Å²) in [6.45, 7) is 7.14. The van der Waals surface area contributed by atoms with Gasteiger partial charge in [0.05, 0.1) is 0 Å². The Bertz CT molecular complexity index is 827. The van der Waals surface area contributed by atoms with E-state index in [1.165, 1.54) is 25.7 Å². The van der Waals surface area contributed by atoms with Crippen LogP contribution < -0.4 is 5.32 Å². The maximum absolute atomic E-state index is 12.9. The molecule has 2 fully saturated rings. The van der Waals surface area contributed by atoms with Gasteiger partial charge in [0, 0.05) is 26.7 Å². The number of hydrogen-bond acceptors (Lipinski definition) is 5. The number of aliphatic imine (C=N–C) groups is 1. The van der Waals surface area contributed by atoms with Crippen LogP contribution in [-0.4, -0.2) is 64.9 Å². The minimum absolute atomic E-state index is 0.257. The highest BCUT2D eigenvalue weighted by Gasteiger charge is 2.50. The van der Waals surface area contributed by atoms with Crippen molar-refractivity contribution >= 4 is 17.9 Å². The number of nitrogens with zero attached hydrogens (tertiary/aromatic N) is 4. The van der Waals surface area contributed by atoms with Gasteiger partial charge in [0.1, 0.15) is 0 Å². The molecule has 31 heavy (non-hydrogen) atoms. The molecule has 0 saturated carbocycles. The molecule has 7 nitrogen and oxygen atoms in total. The Labute approximate surface area is 185 Å². The van der Waals surface area contributed by atoms with E-state index in [9.17, 15) is 9.59 Å². The van der Waals surface area contributed by atoms with E-state index < -0.39 is 12.2 Å². The lowest BCUT2D eigenvalue weighted by molar-refractivity contribution is -0.127. The average Bonchev–Trinajstić information content (AvgIpc) is 3.16. The lowest BCUT2D eigenvalue weighted by Crippen LogP contribution is -2.64. The van der Waals surface area contributed by atoms with Crippen molar-refractivity contribution in [3.63, 3.8) is 0 Å². The smallest absolute Gasteiger partial charge is 0.325 e. The number of carbonyl (C=O) groups excluding carboxylic acids is 2. The number of amides is 3. The monoisotopic (exact) mass is 425 g/mol. The van der Waals surface area contributed by atoms with Gasteiger partial charge in [0.15, 0.2) is 18.2 Å². The number of benzene rings is 1. The summed E-state index contributed by atoms with van der Waals surface area (Å²) >= 11 is 0. The minimum Gasteiger partial charge on any atom is -0.342 e. The van der Waals surface area contributed by atoms with E-state index in [1.807, 2.05) is 18.2 Å². The van der Waals surface area contributed by atoms with Crippen LogP contribution in [0.4, 0.5) is 4.79 Å². The highest BCUT2D eigenvalue weighted by Crippen LogP contribution is 2.32. The zero-order valence-corrected chi connectivity index (χ0v) is 19.0. The van der Waals surface area contributed by atoms with Crippen LogP contribution in [0.15, 0.2) is 35.3 Å². The summed E-state index contributed by atoms with van der Waals surface area (Å²) in [5.41, 5.74) is 1.13. The molecule has 4 unspecified atom stereocenters. The molecule has 0 spiro atoms. The number of carbonyl (C=O) groups is 2. The Kier molecular flexibility index (Phi) is 6.49. The van der Waals surface area contributed by atoms with Crippen molar-refractivity contribution in [1.82, 2.24) is 20.0 Å². The fourth-order valence-corrected chi connectivity index (χ4v) is 5.14. The predicted molar refractivity (Wildman–Crippen MR) is 121 cm³/mol. The second-order valence-electron chi connectivity index (χ2n) is 9.27. The number of rotatable bonds is 6. The van der Waals surface area contributed by atoms with Gasteiger partial charge < -0.3 is 14.7 Å². The van der Waals surface area contributed by atoms with Crippen molar-refractivity contribution in [3.05, 3.63) is 35.9 Å². The molecule has 3 heterocycles. The summed E-state index contributed by atoms with van der Waals surface area (Å²) in [6, 6.07) is 9.32. The molecule has 1 aromatic rings. The molecule has 0 radical (unpaired) electrons. The molecule has 0 aromatic heterocycles. The Balaban J connectivity index is 1.59. The molecule has 2 saturated heterocycles. The topological polar surface area (TPSA) is 68.2 Å². The van der Waals surface area contributed by atoms with Gasteiger partial charge in [-0.3, -0.25) is 10.1 Å². The van der Waals surface area contributed by atoms with Gasteiger partial charge in [-0.25, -0.2) is 9.79 Å². The maximum Gasteiger partial charge on any atom is 0.325 e. The van der Waals surface area contributed by atoms with Crippen LogP contribution in [0, 0.1) is 11.8 Å². The van der Waals surface area contributed by atoms with Gasteiger partial charge in [-0.05, 0) is 30.2 Å². The number of unbranched alkanes of at least 4 members (excludes halogenated alkanes) is 1. The highest BCUT2D eigenvalue weighted by atomic mass is 16.2. The molecular weight excluding hydrogens is 390 g/mol. The number of likely N-dealkylation sites (tertiary alicyclic amines) is 1. The first kappa shape index (κ1) is 21.7. The summed E-state index contributed by atoms with van der Waals surface area (Å²) in [5.74, 6) is 1.93. The molecule has 0 bridgehead atoms. The number of likely N-dealkylation sites (N-methyl/N-ethyl adjacent to an activating group) is 1. The van der Waals surface area contributed by atoms with E-state index in [-0.39, 0.29) is 11.9 Å². The Morgan fingerprint density at radius 1 is 1.23 bits per heavy atom. The first-order valence-corrected chi connectivity index (χ1v) is 11.7. The number of piperidine rings is 1. The maximum atomic E-state index is 12.9. The number of nitrogens with one attached hydrogen (secondary N) is 1. The molecule has 4 atom stereocenters. The molecule has 3 amide bonds. The van der Waals surface area contributed by atoms with Crippen LogP contribution in [0.2, 0.25) is 0 Å². The number of hydrogen-bond donors (Lipinski definition) is 1. The number of urea groups is 1. The van der Waals surface area contributed by atoms with E-state index in [1.54, 1.807) is 11.9 Å². The number of imide groups is 1. The third kappa shape index (κ3) is 4.41. The number of guanidine groups is 1. The lowest BCUT2D eigenvalue weighted by Gasteiger charge is -2.41. The van der Waals surface area contributed by atoms with Gasteiger partial charge in [-0.1, -0.05) is 63.4 Å². The van der Waals surface area contributed by atoms with E-state index >= 15 is 0 Å². The Hall–Kier alpha value is -2.57. The van der Waals surface area contributed by atoms with Gasteiger partial charge in [0.25, 0.3) is 5.91 Å². The van der Waals surface area contributed by atoms with Crippen molar-refractivity contribution in [2.24, 2.45) is 16.8 Å².